The number of nitrogens with one attached hydrogen (secondary N) is 1. The van der Waals surface area contributed by atoms with E-state index in [9.17, 15) is 8.42 Å². The third-order valence-electron chi connectivity index (χ3n) is 2.93. The van der Waals surface area contributed by atoms with E-state index in [1.165, 1.54) is 0 Å². The van der Waals surface area contributed by atoms with Crippen LogP contribution in [0.3, 0.4) is 0 Å². The Bertz CT molecular complexity index is 539. The van der Waals surface area contributed by atoms with Crippen LogP contribution in [0.5, 0.6) is 0 Å². The second-order valence-electron chi connectivity index (χ2n) is 6.08. The molecule has 0 fully saturated rings. The van der Waals surface area contributed by atoms with E-state index in [0.29, 0.717) is 13.1 Å². The molecule has 0 aliphatic rings. The third kappa shape index (κ3) is 5.20. The van der Waals surface area contributed by atoms with Gasteiger partial charge in [0, 0.05) is 19.6 Å². The molecule has 0 unspecified atom stereocenters. The largest absolute Gasteiger partial charge is 0.326 e. The summed E-state index contributed by atoms with van der Waals surface area (Å²) in [7, 11) is 0.460. The van der Waals surface area contributed by atoms with Gasteiger partial charge in [0.05, 0.1) is 4.90 Å². The molecule has 0 aliphatic heterocycles. The summed E-state index contributed by atoms with van der Waals surface area (Å²) >= 11 is 0. The lowest BCUT2D eigenvalue weighted by Gasteiger charge is -2.28. The molecule has 3 N–H and O–H groups in total. The van der Waals surface area contributed by atoms with Gasteiger partial charge in [0.25, 0.3) is 0 Å². The second-order valence-corrected chi connectivity index (χ2v) is 7.85. The average molecular weight is 299 g/mol. The van der Waals surface area contributed by atoms with Gasteiger partial charge in [0.15, 0.2) is 0 Å². The Labute approximate surface area is 122 Å². The molecule has 0 saturated heterocycles. The summed E-state index contributed by atoms with van der Waals surface area (Å²) in [6.07, 6.45) is 0. The normalized spacial score (nSPS) is 12.9. The zero-order valence-corrected chi connectivity index (χ0v) is 13.5. The first-order valence-electron chi connectivity index (χ1n) is 6.60. The van der Waals surface area contributed by atoms with Gasteiger partial charge < -0.3 is 10.6 Å². The van der Waals surface area contributed by atoms with Crippen molar-refractivity contribution in [2.75, 3.05) is 27.2 Å². The summed E-state index contributed by atoms with van der Waals surface area (Å²) < 4.78 is 27.2. The fourth-order valence-electron chi connectivity index (χ4n) is 2.13. The van der Waals surface area contributed by atoms with E-state index in [2.05, 4.69) is 4.72 Å². The maximum absolute atomic E-state index is 12.3. The van der Waals surface area contributed by atoms with Gasteiger partial charge in [-0.3, -0.25) is 0 Å². The molecule has 1 aromatic carbocycles. The van der Waals surface area contributed by atoms with E-state index in [1.807, 2.05) is 38.9 Å². The smallest absolute Gasteiger partial charge is 0.240 e. The van der Waals surface area contributed by atoms with Crippen LogP contribution in [0.1, 0.15) is 19.4 Å². The Morgan fingerprint density at radius 2 is 1.95 bits per heavy atom. The highest BCUT2D eigenvalue weighted by atomic mass is 32.2. The summed E-state index contributed by atoms with van der Waals surface area (Å²) in [6.45, 7) is 5.59. The van der Waals surface area contributed by atoms with Gasteiger partial charge in [-0.25, -0.2) is 13.1 Å². The van der Waals surface area contributed by atoms with Gasteiger partial charge in [-0.15, -0.1) is 0 Å². The summed E-state index contributed by atoms with van der Waals surface area (Å²) in [6, 6.07) is 6.72. The van der Waals surface area contributed by atoms with Crippen molar-refractivity contribution in [3.8, 4) is 0 Å². The lowest BCUT2D eigenvalue weighted by Crippen LogP contribution is -2.39. The van der Waals surface area contributed by atoms with Gasteiger partial charge in [-0.05, 0) is 37.2 Å². The van der Waals surface area contributed by atoms with Crippen LogP contribution in [0, 0.1) is 5.41 Å². The Kier molecular flexibility index (Phi) is 5.70. The highest BCUT2D eigenvalue weighted by Gasteiger charge is 2.23. The zero-order valence-electron chi connectivity index (χ0n) is 12.7. The fraction of sp³-hybridized carbons (Fsp3) is 0.571. The lowest BCUT2D eigenvalue weighted by molar-refractivity contribution is 0.242. The standard InChI is InChI=1S/C14H25N3O2S/c1-14(2,11-17(3)4)10-16-20(18,19)13-7-5-6-12(8-13)9-15/h5-8,16H,9-11,15H2,1-4H3. The average Bonchev–Trinajstić information content (AvgIpc) is 2.35. The van der Waals surface area contributed by atoms with Gasteiger partial charge in [0.1, 0.15) is 0 Å². The SMILES string of the molecule is CN(C)CC(C)(C)CNS(=O)(=O)c1cccc(CN)c1. The Morgan fingerprint density at radius 1 is 1.30 bits per heavy atom. The number of nitrogens with two attached hydrogens (primary N) is 1. The van der Waals surface area contributed by atoms with Crippen LogP contribution < -0.4 is 10.5 Å². The van der Waals surface area contributed by atoms with Crippen LogP contribution in [0.4, 0.5) is 0 Å². The van der Waals surface area contributed by atoms with Crippen molar-refractivity contribution in [3.63, 3.8) is 0 Å². The van der Waals surface area contributed by atoms with Crippen molar-refractivity contribution in [1.29, 1.82) is 0 Å². The van der Waals surface area contributed by atoms with Crippen molar-refractivity contribution >= 4 is 10.0 Å². The van der Waals surface area contributed by atoms with Crippen LogP contribution in [0.25, 0.3) is 0 Å². The minimum atomic E-state index is -3.49. The maximum Gasteiger partial charge on any atom is 0.240 e. The van der Waals surface area contributed by atoms with E-state index >= 15 is 0 Å². The third-order valence-corrected chi connectivity index (χ3v) is 4.33. The van der Waals surface area contributed by atoms with E-state index in [4.69, 9.17) is 5.73 Å². The van der Waals surface area contributed by atoms with Gasteiger partial charge in [-0.2, -0.15) is 0 Å². The van der Waals surface area contributed by atoms with Crippen molar-refractivity contribution in [1.82, 2.24) is 9.62 Å². The quantitative estimate of drug-likeness (QED) is 0.788. The summed E-state index contributed by atoms with van der Waals surface area (Å²) in [4.78, 5) is 2.31. The molecule has 5 nitrogen and oxygen atoms in total. The molecule has 0 bridgehead atoms. The minimum absolute atomic E-state index is 0.137. The predicted octanol–water partition coefficient (Wildman–Crippen LogP) is 1.01. The zero-order chi connectivity index (χ0) is 15.4. The van der Waals surface area contributed by atoms with E-state index in [-0.39, 0.29) is 10.3 Å². The molecule has 0 saturated carbocycles. The second kappa shape index (κ2) is 6.67. The topological polar surface area (TPSA) is 75.4 Å². The van der Waals surface area contributed by atoms with Gasteiger partial charge in [-0.1, -0.05) is 26.0 Å². The van der Waals surface area contributed by atoms with Crippen molar-refractivity contribution in [3.05, 3.63) is 29.8 Å². The number of rotatable bonds is 7. The summed E-state index contributed by atoms with van der Waals surface area (Å²) in [5, 5.41) is 0. The molecule has 1 aromatic rings. The van der Waals surface area contributed by atoms with E-state index in [1.54, 1.807) is 18.2 Å². The van der Waals surface area contributed by atoms with Crippen LogP contribution in [-0.4, -0.2) is 40.5 Å². The molecule has 0 aromatic heterocycles. The Morgan fingerprint density at radius 3 is 2.50 bits per heavy atom. The van der Waals surface area contributed by atoms with Gasteiger partial charge >= 0.3 is 0 Å². The monoisotopic (exact) mass is 299 g/mol. The number of hydrogen-bond donors (Lipinski definition) is 2. The molecule has 0 atom stereocenters. The Balaban J connectivity index is 2.80. The molecule has 0 aliphatic carbocycles. The maximum atomic E-state index is 12.3. The summed E-state index contributed by atoms with van der Waals surface area (Å²) in [5.74, 6) is 0. The van der Waals surface area contributed by atoms with E-state index < -0.39 is 10.0 Å². The van der Waals surface area contributed by atoms with Gasteiger partial charge in [0.2, 0.25) is 10.0 Å². The van der Waals surface area contributed by atoms with Crippen LogP contribution in [0.2, 0.25) is 0 Å². The highest BCUT2D eigenvalue weighted by molar-refractivity contribution is 7.89. The van der Waals surface area contributed by atoms with Crippen LogP contribution >= 0.6 is 0 Å². The number of benzene rings is 1. The van der Waals surface area contributed by atoms with Crippen LogP contribution in [0.15, 0.2) is 29.2 Å². The first kappa shape index (κ1) is 17.1. The minimum Gasteiger partial charge on any atom is -0.326 e. The molecule has 6 heteroatoms. The molecular formula is C14H25N3O2S. The van der Waals surface area contributed by atoms with Crippen molar-refractivity contribution in [2.24, 2.45) is 11.1 Å². The van der Waals surface area contributed by atoms with Crippen molar-refractivity contribution < 1.29 is 8.42 Å². The first-order chi connectivity index (χ1) is 9.16. The number of nitrogens with zero attached hydrogens (tertiary/aromatic N) is 1. The molecule has 20 heavy (non-hydrogen) atoms. The molecular weight excluding hydrogens is 274 g/mol. The van der Waals surface area contributed by atoms with E-state index in [0.717, 1.165) is 12.1 Å². The number of hydrogen-bond acceptors (Lipinski definition) is 4. The van der Waals surface area contributed by atoms with Crippen LogP contribution in [-0.2, 0) is 16.6 Å². The molecule has 0 heterocycles. The predicted molar refractivity (Wildman–Crippen MR) is 81.9 cm³/mol. The number of sulfonamides is 1. The highest BCUT2D eigenvalue weighted by Crippen LogP contribution is 2.17. The fourth-order valence-corrected chi connectivity index (χ4v) is 3.44. The molecule has 1 rings (SSSR count). The Hall–Kier alpha value is -0.950. The molecule has 0 amide bonds. The first-order valence-corrected chi connectivity index (χ1v) is 8.08. The van der Waals surface area contributed by atoms with Crippen molar-refractivity contribution in [2.45, 2.75) is 25.3 Å². The molecule has 0 spiro atoms. The molecule has 114 valence electrons. The molecule has 0 radical (unpaired) electrons. The lowest BCUT2D eigenvalue weighted by atomic mass is 9.93. The summed E-state index contributed by atoms with van der Waals surface area (Å²) in [5.41, 5.74) is 6.21.